The van der Waals surface area contributed by atoms with E-state index in [1.807, 2.05) is 6.92 Å². The second-order valence-corrected chi connectivity index (χ2v) is 3.92. The minimum absolute atomic E-state index is 0.110. The van der Waals surface area contributed by atoms with E-state index in [0.29, 0.717) is 5.92 Å². The zero-order valence-corrected chi connectivity index (χ0v) is 7.22. The Morgan fingerprint density at radius 3 is 1.70 bits per heavy atom. The standard InChI is InChI=1S/C9H18O/c1-7(2)9(8(3)10)5-4-6-9/h7-8,10H,4-6H2,1-3H3. The monoisotopic (exact) mass is 142 g/mol. The van der Waals surface area contributed by atoms with Gasteiger partial charge in [-0.1, -0.05) is 20.3 Å². The lowest BCUT2D eigenvalue weighted by Crippen LogP contribution is -2.43. The first-order valence-electron chi connectivity index (χ1n) is 4.27. The Hall–Kier alpha value is -0.0400. The zero-order valence-electron chi connectivity index (χ0n) is 7.22. The maximum Gasteiger partial charge on any atom is 0.0570 e. The molecule has 10 heavy (non-hydrogen) atoms. The summed E-state index contributed by atoms with van der Waals surface area (Å²) >= 11 is 0. The van der Waals surface area contributed by atoms with E-state index in [9.17, 15) is 5.11 Å². The van der Waals surface area contributed by atoms with Gasteiger partial charge in [-0.2, -0.15) is 0 Å². The molecule has 0 spiro atoms. The SMILES string of the molecule is CC(C)C1(C(C)O)CCC1. The second-order valence-electron chi connectivity index (χ2n) is 3.92. The Labute approximate surface area is 63.4 Å². The number of aliphatic hydroxyl groups is 1. The van der Waals surface area contributed by atoms with Crippen LogP contribution in [0.2, 0.25) is 0 Å². The summed E-state index contributed by atoms with van der Waals surface area (Å²) in [6.45, 7) is 6.36. The molecule has 1 nitrogen and oxygen atoms in total. The highest BCUT2D eigenvalue weighted by atomic mass is 16.3. The highest BCUT2D eigenvalue weighted by Crippen LogP contribution is 2.49. The van der Waals surface area contributed by atoms with Gasteiger partial charge >= 0.3 is 0 Å². The number of rotatable bonds is 2. The van der Waals surface area contributed by atoms with E-state index >= 15 is 0 Å². The Balaban J connectivity index is 2.59. The van der Waals surface area contributed by atoms with Crippen LogP contribution in [-0.4, -0.2) is 11.2 Å². The normalized spacial score (nSPS) is 26.1. The molecule has 1 aliphatic rings. The molecule has 0 aromatic carbocycles. The lowest BCUT2D eigenvalue weighted by Gasteiger charge is -2.48. The molecule has 1 aliphatic carbocycles. The van der Waals surface area contributed by atoms with Crippen LogP contribution in [0.3, 0.4) is 0 Å². The third-order valence-corrected chi connectivity index (χ3v) is 3.27. The number of hydrogen-bond donors (Lipinski definition) is 1. The molecule has 0 aromatic rings. The van der Waals surface area contributed by atoms with Crippen LogP contribution in [0.5, 0.6) is 0 Å². The minimum Gasteiger partial charge on any atom is -0.393 e. The Bertz CT molecular complexity index is 102. The number of hydrogen-bond acceptors (Lipinski definition) is 1. The van der Waals surface area contributed by atoms with Crippen molar-refractivity contribution in [2.45, 2.75) is 46.1 Å². The summed E-state index contributed by atoms with van der Waals surface area (Å²) in [6, 6.07) is 0. The van der Waals surface area contributed by atoms with Gasteiger partial charge in [0.2, 0.25) is 0 Å². The van der Waals surface area contributed by atoms with Crippen molar-refractivity contribution in [1.82, 2.24) is 0 Å². The molecule has 0 bridgehead atoms. The molecule has 60 valence electrons. The highest BCUT2D eigenvalue weighted by Gasteiger charge is 2.43. The Morgan fingerprint density at radius 2 is 1.70 bits per heavy atom. The van der Waals surface area contributed by atoms with E-state index in [2.05, 4.69) is 13.8 Å². The first-order chi connectivity index (χ1) is 4.59. The fourth-order valence-corrected chi connectivity index (χ4v) is 2.06. The maximum atomic E-state index is 9.49. The molecular formula is C9H18O. The minimum atomic E-state index is -0.110. The summed E-state index contributed by atoms with van der Waals surface area (Å²) in [5.41, 5.74) is 0.278. The Morgan fingerprint density at radius 1 is 1.20 bits per heavy atom. The molecular weight excluding hydrogens is 124 g/mol. The van der Waals surface area contributed by atoms with Gasteiger partial charge in [0.15, 0.2) is 0 Å². The quantitative estimate of drug-likeness (QED) is 0.626. The molecule has 1 heteroatoms. The summed E-state index contributed by atoms with van der Waals surface area (Å²) in [4.78, 5) is 0. The molecule has 0 saturated heterocycles. The predicted molar refractivity (Wildman–Crippen MR) is 42.8 cm³/mol. The first-order valence-corrected chi connectivity index (χ1v) is 4.27. The van der Waals surface area contributed by atoms with Gasteiger partial charge in [-0.25, -0.2) is 0 Å². The smallest absolute Gasteiger partial charge is 0.0570 e. The van der Waals surface area contributed by atoms with Crippen LogP contribution in [0.4, 0.5) is 0 Å². The van der Waals surface area contributed by atoms with Gasteiger partial charge in [-0.05, 0) is 31.1 Å². The van der Waals surface area contributed by atoms with E-state index < -0.39 is 0 Å². The van der Waals surface area contributed by atoms with Gasteiger partial charge in [-0.3, -0.25) is 0 Å². The fraction of sp³-hybridized carbons (Fsp3) is 1.00. The van der Waals surface area contributed by atoms with Crippen LogP contribution in [0.15, 0.2) is 0 Å². The molecule has 0 heterocycles. The van der Waals surface area contributed by atoms with Crippen LogP contribution >= 0.6 is 0 Å². The van der Waals surface area contributed by atoms with Gasteiger partial charge in [0, 0.05) is 0 Å². The maximum absolute atomic E-state index is 9.49. The molecule has 1 atom stereocenters. The molecule has 1 rings (SSSR count). The van der Waals surface area contributed by atoms with E-state index in [0.717, 1.165) is 0 Å². The summed E-state index contributed by atoms with van der Waals surface area (Å²) < 4.78 is 0. The van der Waals surface area contributed by atoms with Crippen molar-refractivity contribution < 1.29 is 5.11 Å². The fourth-order valence-electron chi connectivity index (χ4n) is 2.06. The van der Waals surface area contributed by atoms with Crippen molar-refractivity contribution in [3.8, 4) is 0 Å². The van der Waals surface area contributed by atoms with Crippen molar-refractivity contribution in [2.24, 2.45) is 11.3 Å². The van der Waals surface area contributed by atoms with Crippen LogP contribution in [-0.2, 0) is 0 Å². The van der Waals surface area contributed by atoms with Crippen molar-refractivity contribution in [3.05, 3.63) is 0 Å². The van der Waals surface area contributed by atoms with E-state index in [4.69, 9.17) is 0 Å². The molecule has 0 amide bonds. The largest absolute Gasteiger partial charge is 0.393 e. The van der Waals surface area contributed by atoms with E-state index in [1.54, 1.807) is 0 Å². The molecule has 1 fully saturated rings. The lowest BCUT2D eigenvalue weighted by molar-refractivity contribution is -0.0588. The van der Waals surface area contributed by atoms with Gasteiger partial charge in [0.1, 0.15) is 0 Å². The third-order valence-electron chi connectivity index (χ3n) is 3.27. The summed E-state index contributed by atoms with van der Waals surface area (Å²) in [6.07, 6.45) is 3.65. The average molecular weight is 142 g/mol. The van der Waals surface area contributed by atoms with E-state index in [-0.39, 0.29) is 11.5 Å². The van der Waals surface area contributed by atoms with E-state index in [1.165, 1.54) is 19.3 Å². The lowest BCUT2D eigenvalue weighted by atomic mass is 9.59. The van der Waals surface area contributed by atoms with Crippen LogP contribution in [0.25, 0.3) is 0 Å². The topological polar surface area (TPSA) is 20.2 Å². The molecule has 0 radical (unpaired) electrons. The molecule has 0 aliphatic heterocycles. The predicted octanol–water partition coefficient (Wildman–Crippen LogP) is 2.19. The van der Waals surface area contributed by atoms with Gasteiger partial charge in [0.05, 0.1) is 6.10 Å². The summed E-state index contributed by atoms with van der Waals surface area (Å²) in [7, 11) is 0. The van der Waals surface area contributed by atoms with Crippen molar-refractivity contribution in [3.63, 3.8) is 0 Å². The average Bonchev–Trinajstić information content (AvgIpc) is 1.57. The highest BCUT2D eigenvalue weighted by molar-refractivity contribution is 4.93. The van der Waals surface area contributed by atoms with Gasteiger partial charge < -0.3 is 5.11 Å². The zero-order chi connectivity index (χ0) is 7.78. The third kappa shape index (κ3) is 0.968. The second kappa shape index (κ2) is 2.54. The number of aliphatic hydroxyl groups excluding tert-OH is 1. The van der Waals surface area contributed by atoms with Crippen molar-refractivity contribution in [2.75, 3.05) is 0 Å². The van der Waals surface area contributed by atoms with Gasteiger partial charge in [0.25, 0.3) is 0 Å². The Kier molecular flexibility index (Phi) is 2.04. The van der Waals surface area contributed by atoms with Crippen LogP contribution < -0.4 is 0 Å². The molecule has 0 aromatic heterocycles. The van der Waals surface area contributed by atoms with Crippen LogP contribution in [0.1, 0.15) is 40.0 Å². The first kappa shape index (κ1) is 8.06. The van der Waals surface area contributed by atoms with Crippen molar-refractivity contribution >= 4 is 0 Å². The van der Waals surface area contributed by atoms with Crippen molar-refractivity contribution in [1.29, 1.82) is 0 Å². The molecule has 1 N–H and O–H groups in total. The van der Waals surface area contributed by atoms with Gasteiger partial charge in [-0.15, -0.1) is 0 Å². The van der Waals surface area contributed by atoms with Crippen LogP contribution in [0, 0.1) is 11.3 Å². The molecule has 1 unspecified atom stereocenters. The molecule has 1 saturated carbocycles. The summed E-state index contributed by atoms with van der Waals surface area (Å²) in [5.74, 6) is 0.640. The summed E-state index contributed by atoms with van der Waals surface area (Å²) in [5, 5.41) is 9.49.